The van der Waals surface area contributed by atoms with Crippen LogP contribution in [0.2, 0.25) is 0 Å². The van der Waals surface area contributed by atoms with Crippen molar-refractivity contribution in [2.24, 2.45) is 0 Å². The summed E-state index contributed by atoms with van der Waals surface area (Å²) in [6, 6.07) is 41.6. The highest BCUT2D eigenvalue weighted by atomic mass is 16.5. The molecule has 0 fully saturated rings. The largest absolute Gasteiger partial charge is 0.485 e. The van der Waals surface area contributed by atoms with Crippen LogP contribution in [0.25, 0.3) is 50.5 Å². The summed E-state index contributed by atoms with van der Waals surface area (Å²) in [6.45, 7) is 0. The second-order valence-corrected chi connectivity index (χ2v) is 10.4. The maximum absolute atomic E-state index is 6.33. The minimum absolute atomic E-state index is 0.0353. The lowest BCUT2D eigenvalue weighted by molar-refractivity contribution is 0.271. The standard InChI is InChI=1S/C37H25N3O/c1-2-12-25(13-3-1)35-38-36(27-22-21-24-11-4-5-14-26(24)23-27)40-37(39-35)30-16-7-6-15-28(30)29-18-10-20-33-34(29)31-17-8-9-19-32(31)41-33/h1-23,33-34H. The van der Waals surface area contributed by atoms with Gasteiger partial charge in [-0.05, 0) is 40.1 Å². The molecule has 0 bridgehead atoms. The van der Waals surface area contributed by atoms with Crippen LogP contribution in [0.5, 0.6) is 5.75 Å². The molecule has 1 aliphatic carbocycles. The molecule has 0 saturated heterocycles. The average molecular weight is 528 g/mol. The second-order valence-electron chi connectivity index (χ2n) is 10.4. The Balaban J connectivity index is 1.31. The van der Waals surface area contributed by atoms with E-state index >= 15 is 0 Å². The molecule has 0 amide bonds. The molecule has 2 atom stereocenters. The number of benzene rings is 5. The van der Waals surface area contributed by atoms with Crippen molar-refractivity contribution in [2.75, 3.05) is 0 Å². The third kappa shape index (κ3) is 4.12. The van der Waals surface area contributed by atoms with Crippen LogP contribution in [-0.2, 0) is 0 Å². The van der Waals surface area contributed by atoms with Crippen LogP contribution in [0, 0.1) is 0 Å². The van der Waals surface area contributed by atoms with Crippen LogP contribution in [0.4, 0.5) is 0 Å². The molecule has 2 heterocycles. The minimum atomic E-state index is -0.0353. The monoisotopic (exact) mass is 527 g/mol. The van der Waals surface area contributed by atoms with Gasteiger partial charge in [0.2, 0.25) is 0 Å². The van der Waals surface area contributed by atoms with Crippen molar-refractivity contribution in [1.29, 1.82) is 0 Å². The van der Waals surface area contributed by atoms with E-state index in [0.29, 0.717) is 17.5 Å². The van der Waals surface area contributed by atoms with E-state index in [4.69, 9.17) is 19.7 Å². The van der Waals surface area contributed by atoms with Gasteiger partial charge in [0.05, 0.1) is 5.92 Å². The molecule has 1 aliphatic heterocycles. The summed E-state index contributed by atoms with van der Waals surface area (Å²) >= 11 is 0. The van der Waals surface area contributed by atoms with Gasteiger partial charge < -0.3 is 4.74 Å². The maximum atomic E-state index is 6.33. The lowest BCUT2D eigenvalue weighted by atomic mass is 9.80. The number of hydrogen-bond donors (Lipinski definition) is 0. The van der Waals surface area contributed by atoms with Gasteiger partial charge in [0.15, 0.2) is 17.5 Å². The van der Waals surface area contributed by atoms with Crippen molar-refractivity contribution in [1.82, 2.24) is 15.0 Å². The number of rotatable bonds is 4. The molecule has 194 valence electrons. The fourth-order valence-electron chi connectivity index (χ4n) is 5.96. The third-order valence-corrected chi connectivity index (χ3v) is 7.91. The predicted octanol–water partition coefficient (Wildman–Crippen LogP) is 8.52. The number of nitrogens with zero attached hydrogens (tertiary/aromatic N) is 3. The molecule has 4 nitrogen and oxygen atoms in total. The Hall–Kier alpha value is -5.35. The zero-order valence-corrected chi connectivity index (χ0v) is 22.2. The van der Waals surface area contributed by atoms with Gasteiger partial charge in [0, 0.05) is 22.3 Å². The van der Waals surface area contributed by atoms with Gasteiger partial charge in [-0.3, -0.25) is 0 Å². The Morgan fingerprint density at radius 1 is 0.537 bits per heavy atom. The Bertz CT molecular complexity index is 1990. The highest BCUT2D eigenvalue weighted by Gasteiger charge is 2.37. The molecule has 41 heavy (non-hydrogen) atoms. The highest BCUT2D eigenvalue weighted by molar-refractivity contribution is 5.88. The number of para-hydroxylation sites is 1. The Kier molecular flexibility index (Phi) is 5.56. The molecular weight excluding hydrogens is 502 g/mol. The number of ether oxygens (including phenoxy) is 1. The summed E-state index contributed by atoms with van der Waals surface area (Å²) in [4.78, 5) is 15.1. The topological polar surface area (TPSA) is 47.9 Å². The fraction of sp³-hybridized carbons (Fsp3) is 0.0541. The van der Waals surface area contributed by atoms with E-state index in [2.05, 4.69) is 103 Å². The number of aromatic nitrogens is 3. The van der Waals surface area contributed by atoms with Crippen LogP contribution < -0.4 is 4.74 Å². The van der Waals surface area contributed by atoms with Gasteiger partial charge in [-0.1, -0.05) is 121 Å². The van der Waals surface area contributed by atoms with Gasteiger partial charge in [-0.15, -0.1) is 0 Å². The lowest BCUT2D eigenvalue weighted by Crippen LogP contribution is -2.19. The molecule has 1 aromatic heterocycles. The van der Waals surface area contributed by atoms with Crippen LogP contribution >= 0.6 is 0 Å². The predicted molar refractivity (Wildman–Crippen MR) is 164 cm³/mol. The molecule has 2 unspecified atom stereocenters. The van der Waals surface area contributed by atoms with Crippen LogP contribution in [0.3, 0.4) is 0 Å². The van der Waals surface area contributed by atoms with E-state index in [1.807, 2.05) is 36.4 Å². The summed E-state index contributed by atoms with van der Waals surface area (Å²) in [6.07, 6.45) is 6.41. The number of allylic oxidation sites excluding steroid dienone is 2. The van der Waals surface area contributed by atoms with E-state index in [1.54, 1.807) is 0 Å². The third-order valence-electron chi connectivity index (χ3n) is 7.91. The smallest absolute Gasteiger partial charge is 0.164 e. The van der Waals surface area contributed by atoms with Crippen LogP contribution in [0.15, 0.2) is 140 Å². The molecular formula is C37H25N3O. The quantitative estimate of drug-likeness (QED) is 0.231. The van der Waals surface area contributed by atoms with E-state index in [1.165, 1.54) is 16.5 Å². The lowest BCUT2D eigenvalue weighted by Gasteiger charge is -2.24. The molecule has 0 spiro atoms. The Labute approximate surface area is 238 Å². The van der Waals surface area contributed by atoms with E-state index < -0.39 is 0 Å². The fourth-order valence-corrected chi connectivity index (χ4v) is 5.96. The highest BCUT2D eigenvalue weighted by Crippen LogP contribution is 2.49. The molecule has 8 rings (SSSR count). The molecule has 4 heteroatoms. The first kappa shape index (κ1) is 23.5. The SMILES string of the molecule is C1=CC2Oc3ccccc3C2C(c2ccccc2-c2nc(-c3ccccc3)nc(-c3ccc4ccccc4c3)n2)=C1. The van der Waals surface area contributed by atoms with E-state index in [-0.39, 0.29) is 12.0 Å². The number of hydrogen-bond acceptors (Lipinski definition) is 4. The van der Waals surface area contributed by atoms with Crippen molar-refractivity contribution >= 4 is 16.3 Å². The van der Waals surface area contributed by atoms with Gasteiger partial charge in [0.25, 0.3) is 0 Å². The summed E-state index contributed by atoms with van der Waals surface area (Å²) in [5, 5.41) is 2.34. The molecule has 6 aromatic rings. The van der Waals surface area contributed by atoms with Gasteiger partial charge in [-0.2, -0.15) is 0 Å². The first-order valence-corrected chi connectivity index (χ1v) is 13.9. The van der Waals surface area contributed by atoms with Crippen LogP contribution in [-0.4, -0.2) is 21.1 Å². The Morgan fingerprint density at radius 2 is 1.22 bits per heavy atom. The van der Waals surface area contributed by atoms with Gasteiger partial charge in [0.1, 0.15) is 11.9 Å². The molecule has 0 radical (unpaired) electrons. The van der Waals surface area contributed by atoms with Gasteiger partial charge >= 0.3 is 0 Å². The summed E-state index contributed by atoms with van der Waals surface area (Å²) in [5.74, 6) is 3.00. The van der Waals surface area contributed by atoms with Crippen molar-refractivity contribution in [3.8, 4) is 39.9 Å². The zero-order valence-electron chi connectivity index (χ0n) is 22.2. The van der Waals surface area contributed by atoms with Gasteiger partial charge in [-0.25, -0.2) is 15.0 Å². The summed E-state index contributed by atoms with van der Waals surface area (Å²) < 4.78 is 6.33. The molecule has 0 saturated carbocycles. The van der Waals surface area contributed by atoms with Crippen molar-refractivity contribution in [3.05, 3.63) is 151 Å². The average Bonchev–Trinajstić information content (AvgIpc) is 3.44. The maximum Gasteiger partial charge on any atom is 0.164 e. The first-order valence-electron chi connectivity index (χ1n) is 13.9. The van der Waals surface area contributed by atoms with E-state index in [9.17, 15) is 0 Å². The molecule has 0 N–H and O–H groups in total. The van der Waals surface area contributed by atoms with Crippen molar-refractivity contribution < 1.29 is 4.74 Å². The van der Waals surface area contributed by atoms with E-state index in [0.717, 1.165) is 33.4 Å². The minimum Gasteiger partial charge on any atom is -0.485 e. The first-order chi connectivity index (χ1) is 20.3. The number of fused-ring (bicyclic) bond motifs is 4. The van der Waals surface area contributed by atoms with Crippen LogP contribution in [0.1, 0.15) is 17.0 Å². The second kappa shape index (κ2) is 9.68. The molecule has 5 aromatic carbocycles. The normalized spacial score (nSPS) is 17.0. The summed E-state index contributed by atoms with van der Waals surface area (Å²) in [5.41, 5.74) is 6.39. The van der Waals surface area contributed by atoms with Crippen molar-refractivity contribution in [3.63, 3.8) is 0 Å². The summed E-state index contributed by atoms with van der Waals surface area (Å²) in [7, 11) is 0. The van der Waals surface area contributed by atoms with Crippen molar-refractivity contribution in [2.45, 2.75) is 12.0 Å². The Morgan fingerprint density at radius 3 is 2.10 bits per heavy atom. The molecule has 2 aliphatic rings. The zero-order chi connectivity index (χ0) is 27.2.